The highest BCUT2D eigenvalue weighted by Gasteiger charge is 2.26. The van der Waals surface area contributed by atoms with Crippen molar-refractivity contribution in [2.75, 3.05) is 19.0 Å². The van der Waals surface area contributed by atoms with Gasteiger partial charge in [0.05, 0.1) is 0 Å². The van der Waals surface area contributed by atoms with E-state index in [2.05, 4.69) is 30.0 Å². The number of benzene rings is 1. The highest BCUT2D eigenvalue weighted by molar-refractivity contribution is 5.95. The Morgan fingerprint density at radius 3 is 2.65 bits per heavy atom. The van der Waals surface area contributed by atoms with Gasteiger partial charge in [-0.15, -0.1) is 12.4 Å². The maximum Gasteiger partial charge on any atom is 0.198 e. The smallest absolute Gasteiger partial charge is 0.198 e. The molecule has 4 heteroatoms. The van der Waals surface area contributed by atoms with Gasteiger partial charge in [0.1, 0.15) is 0 Å². The number of halogens is 1. The summed E-state index contributed by atoms with van der Waals surface area (Å²) in [5, 5.41) is 8.15. The molecule has 0 aliphatic carbocycles. The largest absolute Gasteiger partial charge is 0.349 e. The third-order valence-electron chi connectivity index (χ3n) is 3.18. The Labute approximate surface area is 109 Å². The first-order valence-corrected chi connectivity index (χ1v) is 5.74. The highest BCUT2D eigenvalue weighted by atomic mass is 35.5. The van der Waals surface area contributed by atoms with Gasteiger partial charge in [0.2, 0.25) is 0 Å². The van der Waals surface area contributed by atoms with Gasteiger partial charge in [0.15, 0.2) is 5.96 Å². The van der Waals surface area contributed by atoms with Gasteiger partial charge in [-0.05, 0) is 31.4 Å². The summed E-state index contributed by atoms with van der Waals surface area (Å²) >= 11 is 0. The molecule has 1 heterocycles. The first kappa shape index (κ1) is 13.8. The maximum atomic E-state index is 8.15. The number of rotatable bonds is 0. The van der Waals surface area contributed by atoms with Crippen molar-refractivity contribution in [3.8, 4) is 0 Å². The minimum absolute atomic E-state index is 0. The van der Waals surface area contributed by atoms with E-state index in [1.54, 1.807) is 0 Å². The van der Waals surface area contributed by atoms with E-state index >= 15 is 0 Å². The molecule has 0 bridgehead atoms. The molecule has 1 N–H and O–H groups in total. The number of nitrogens with one attached hydrogen (secondary N) is 1. The Balaban J connectivity index is 0.00000144. The molecule has 1 aliphatic rings. The highest BCUT2D eigenvalue weighted by Crippen LogP contribution is 2.30. The Kier molecular flexibility index (Phi) is 4.40. The summed E-state index contributed by atoms with van der Waals surface area (Å²) in [5.74, 6) is 0.569. The van der Waals surface area contributed by atoms with Gasteiger partial charge in [-0.1, -0.05) is 18.2 Å². The third kappa shape index (κ3) is 2.55. The van der Waals surface area contributed by atoms with E-state index in [0.717, 1.165) is 12.8 Å². The zero-order valence-corrected chi connectivity index (χ0v) is 11.4. The predicted octanol–water partition coefficient (Wildman–Crippen LogP) is 2.75. The fourth-order valence-electron chi connectivity index (χ4n) is 2.23. The van der Waals surface area contributed by atoms with Crippen molar-refractivity contribution in [2.24, 2.45) is 0 Å². The number of hydrogen-bond donors (Lipinski definition) is 1. The number of guanidine groups is 1. The molecule has 0 amide bonds. The zero-order valence-electron chi connectivity index (χ0n) is 10.6. The minimum Gasteiger partial charge on any atom is -0.349 e. The molecule has 1 atom stereocenters. The van der Waals surface area contributed by atoms with Crippen molar-refractivity contribution < 1.29 is 0 Å². The molecule has 0 fully saturated rings. The van der Waals surface area contributed by atoms with Crippen molar-refractivity contribution in [1.82, 2.24) is 4.90 Å². The summed E-state index contributed by atoms with van der Waals surface area (Å²) < 4.78 is 0. The monoisotopic (exact) mass is 253 g/mol. The number of para-hydroxylation sites is 1. The molecule has 0 saturated heterocycles. The Morgan fingerprint density at radius 2 is 2.00 bits per heavy atom. The first-order valence-electron chi connectivity index (χ1n) is 5.74. The van der Waals surface area contributed by atoms with Crippen LogP contribution in [0.5, 0.6) is 0 Å². The van der Waals surface area contributed by atoms with Crippen LogP contribution >= 0.6 is 12.4 Å². The van der Waals surface area contributed by atoms with Gasteiger partial charge in [-0.3, -0.25) is 5.41 Å². The average molecular weight is 254 g/mol. The molecule has 2 rings (SSSR count). The fourth-order valence-corrected chi connectivity index (χ4v) is 2.23. The summed E-state index contributed by atoms with van der Waals surface area (Å²) in [7, 11) is 3.85. The second kappa shape index (κ2) is 5.41. The molecule has 3 nitrogen and oxygen atoms in total. The lowest BCUT2D eigenvalue weighted by atomic mass is 9.97. The van der Waals surface area contributed by atoms with Crippen molar-refractivity contribution in [3.05, 3.63) is 29.8 Å². The van der Waals surface area contributed by atoms with Crippen molar-refractivity contribution in [3.63, 3.8) is 0 Å². The molecule has 0 saturated carbocycles. The zero-order chi connectivity index (χ0) is 11.7. The van der Waals surface area contributed by atoms with Gasteiger partial charge in [-0.2, -0.15) is 0 Å². The van der Waals surface area contributed by atoms with Gasteiger partial charge in [0.25, 0.3) is 0 Å². The lowest BCUT2D eigenvalue weighted by Crippen LogP contribution is -2.47. The van der Waals surface area contributed by atoms with Crippen LogP contribution in [0.1, 0.15) is 18.9 Å². The maximum absolute atomic E-state index is 8.15. The van der Waals surface area contributed by atoms with Gasteiger partial charge < -0.3 is 9.80 Å². The Bertz CT molecular complexity index is 403. The third-order valence-corrected chi connectivity index (χ3v) is 3.18. The van der Waals surface area contributed by atoms with Crippen LogP contribution in [0.4, 0.5) is 5.69 Å². The van der Waals surface area contributed by atoms with Crippen LogP contribution in [0.3, 0.4) is 0 Å². The molecule has 0 spiro atoms. The molecule has 17 heavy (non-hydrogen) atoms. The number of nitrogens with zero attached hydrogens (tertiary/aromatic N) is 2. The normalized spacial score (nSPS) is 18.1. The second-order valence-corrected chi connectivity index (χ2v) is 4.60. The van der Waals surface area contributed by atoms with E-state index in [9.17, 15) is 0 Å². The molecule has 94 valence electrons. The van der Waals surface area contributed by atoms with Gasteiger partial charge >= 0.3 is 0 Å². The lowest BCUT2D eigenvalue weighted by Gasteiger charge is -2.38. The quantitative estimate of drug-likeness (QED) is 0.569. The molecular formula is C13H20ClN3. The summed E-state index contributed by atoms with van der Waals surface area (Å²) in [6, 6.07) is 8.81. The molecule has 1 aromatic rings. The SMILES string of the molecule is CC1CCc2ccccc2N1C(=N)N(C)C.Cl. The predicted molar refractivity (Wildman–Crippen MR) is 75.4 cm³/mol. The van der Waals surface area contributed by atoms with Crippen LogP contribution in [0.2, 0.25) is 0 Å². The summed E-state index contributed by atoms with van der Waals surface area (Å²) in [5.41, 5.74) is 2.55. The van der Waals surface area contributed by atoms with E-state index in [0.29, 0.717) is 12.0 Å². The molecule has 1 unspecified atom stereocenters. The van der Waals surface area contributed by atoms with Crippen LogP contribution in [0.15, 0.2) is 24.3 Å². The lowest BCUT2D eigenvalue weighted by molar-refractivity contribution is 0.551. The fraction of sp³-hybridized carbons (Fsp3) is 0.462. The van der Waals surface area contributed by atoms with E-state index in [4.69, 9.17) is 5.41 Å². The molecular weight excluding hydrogens is 234 g/mol. The van der Waals surface area contributed by atoms with Crippen LogP contribution in [-0.2, 0) is 6.42 Å². The molecule has 0 radical (unpaired) electrons. The number of anilines is 1. The van der Waals surface area contributed by atoms with Crippen LogP contribution in [0, 0.1) is 5.41 Å². The summed E-state index contributed by atoms with van der Waals surface area (Å²) in [6.45, 7) is 2.19. The van der Waals surface area contributed by atoms with Crippen molar-refractivity contribution in [2.45, 2.75) is 25.8 Å². The number of fused-ring (bicyclic) bond motifs is 1. The molecule has 1 aromatic carbocycles. The summed E-state index contributed by atoms with van der Waals surface area (Å²) in [4.78, 5) is 3.98. The van der Waals surface area contributed by atoms with E-state index in [1.165, 1.54) is 11.3 Å². The van der Waals surface area contributed by atoms with E-state index in [1.807, 2.05) is 25.1 Å². The van der Waals surface area contributed by atoms with E-state index < -0.39 is 0 Å². The van der Waals surface area contributed by atoms with Crippen LogP contribution in [0.25, 0.3) is 0 Å². The number of aryl methyl sites for hydroxylation is 1. The summed E-state index contributed by atoms with van der Waals surface area (Å²) in [6.07, 6.45) is 2.24. The second-order valence-electron chi connectivity index (χ2n) is 4.60. The molecule has 0 aromatic heterocycles. The number of hydrogen-bond acceptors (Lipinski definition) is 1. The standard InChI is InChI=1S/C13H19N3.ClH/c1-10-8-9-11-6-4-5-7-12(11)16(10)13(14)15(2)3;/h4-7,10,14H,8-9H2,1-3H3;1H. The first-order chi connectivity index (χ1) is 7.61. The van der Waals surface area contributed by atoms with Gasteiger partial charge in [0, 0.05) is 25.8 Å². The van der Waals surface area contributed by atoms with E-state index in [-0.39, 0.29) is 12.4 Å². The Hall–Kier alpha value is -1.22. The van der Waals surface area contributed by atoms with Crippen molar-refractivity contribution in [1.29, 1.82) is 5.41 Å². The Morgan fingerprint density at radius 1 is 1.35 bits per heavy atom. The minimum atomic E-state index is 0. The van der Waals surface area contributed by atoms with Gasteiger partial charge in [-0.25, -0.2) is 0 Å². The molecule has 1 aliphatic heterocycles. The topological polar surface area (TPSA) is 30.3 Å². The van der Waals surface area contributed by atoms with Crippen molar-refractivity contribution >= 4 is 24.1 Å². The van der Waals surface area contributed by atoms with Crippen LogP contribution in [-0.4, -0.2) is 31.0 Å². The van der Waals surface area contributed by atoms with Crippen LogP contribution < -0.4 is 4.90 Å². The average Bonchev–Trinajstić information content (AvgIpc) is 2.28.